The van der Waals surface area contributed by atoms with E-state index in [1.807, 2.05) is 18.2 Å². The van der Waals surface area contributed by atoms with Crippen LogP contribution >= 0.6 is 11.8 Å². The molecule has 1 saturated heterocycles. The van der Waals surface area contributed by atoms with Gasteiger partial charge in [0.1, 0.15) is 6.04 Å². The summed E-state index contributed by atoms with van der Waals surface area (Å²) in [6.45, 7) is 0.658. The van der Waals surface area contributed by atoms with Crippen LogP contribution in [0.25, 0.3) is 0 Å². The predicted octanol–water partition coefficient (Wildman–Crippen LogP) is 1.34. The summed E-state index contributed by atoms with van der Waals surface area (Å²) in [6, 6.07) is 5.28. The van der Waals surface area contributed by atoms with E-state index in [1.54, 1.807) is 16.7 Å². The number of hydrogen-bond acceptors (Lipinski definition) is 5. The van der Waals surface area contributed by atoms with E-state index in [0.29, 0.717) is 23.9 Å². The van der Waals surface area contributed by atoms with Crippen molar-refractivity contribution in [3.8, 4) is 11.5 Å². The molecule has 3 aliphatic rings. The summed E-state index contributed by atoms with van der Waals surface area (Å²) in [5.74, 6) is 2.94. The summed E-state index contributed by atoms with van der Waals surface area (Å²) >= 11 is 1.64. The average molecular weight is 334 g/mol. The zero-order valence-corrected chi connectivity index (χ0v) is 13.4. The molecule has 1 aromatic rings. The number of amides is 2. The molecule has 1 atom stereocenters. The van der Waals surface area contributed by atoms with Crippen molar-refractivity contribution in [3.63, 3.8) is 0 Å². The summed E-state index contributed by atoms with van der Waals surface area (Å²) in [4.78, 5) is 26.4. The van der Waals surface area contributed by atoms with Crippen molar-refractivity contribution in [1.29, 1.82) is 0 Å². The minimum atomic E-state index is -0.345. The van der Waals surface area contributed by atoms with Crippen LogP contribution in [0.3, 0.4) is 0 Å². The van der Waals surface area contributed by atoms with Gasteiger partial charge in [-0.3, -0.25) is 9.59 Å². The van der Waals surface area contributed by atoms with Crippen molar-refractivity contribution in [3.05, 3.63) is 23.8 Å². The Morgan fingerprint density at radius 2 is 2.09 bits per heavy atom. The number of hydrogen-bond donors (Lipinski definition) is 1. The highest BCUT2D eigenvalue weighted by atomic mass is 32.2. The third kappa shape index (κ3) is 2.97. The van der Waals surface area contributed by atoms with Gasteiger partial charge in [-0.05, 0) is 30.5 Å². The Morgan fingerprint density at radius 1 is 1.26 bits per heavy atom. The van der Waals surface area contributed by atoms with E-state index >= 15 is 0 Å². The molecule has 122 valence electrons. The number of thioether (sulfide) groups is 1. The monoisotopic (exact) mass is 334 g/mol. The SMILES string of the molecule is O=C(NCc1ccc2c(c1)OCO2)C1CSCN1C(=O)C1CC1. The fraction of sp³-hybridized carbons (Fsp3) is 0.500. The third-order valence-electron chi connectivity index (χ3n) is 4.30. The lowest BCUT2D eigenvalue weighted by molar-refractivity contribution is -0.139. The smallest absolute Gasteiger partial charge is 0.243 e. The van der Waals surface area contributed by atoms with Gasteiger partial charge in [0, 0.05) is 18.2 Å². The van der Waals surface area contributed by atoms with Gasteiger partial charge in [0.05, 0.1) is 5.88 Å². The maximum atomic E-state index is 12.4. The van der Waals surface area contributed by atoms with Gasteiger partial charge < -0.3 is 19.7 Å². The van der Waals surface area contributed by atoms with Crippen LogP contribution < -0.4 is 14.8 Å². The van der Waals surface area contributed by atoms with Gasteiger partial charge >= 0.3 is 0 Å². The van der Waals surface area contributed by atoms with Crippen LogP contribution in [0.4, 0.5) is 0 Å². The molecule has 7 heteroatoms. The first-order valence-corrected chi connectivity index (χ1v) is 8.92. The van der Waals surface area contributed by atoms with E-state index in [1.165, 1.54) is 0 Å². The maximum absolute atomic E-state index is 12.4. The minimum Gasteiger partial charge on any atom is -0.454 e. The predicted molar refractivity (Wildman–Crippen MR) is 85.1 cm³/mol. The number of carbonyl (C=O) groups excluding carboxylic acids is 2. The fourth-order valence-corrected chi connectivity index (χ4v) is 3.96. The molecule has 1 saturated carbocycles. The largest absolute Gasteiger partial charge is 0.454 e. The Bertz CT molecular complexity index is 647. The lowest BCUT2D eigenvalue weighted by Gasteiger charge is -2.23. The van der Waals surface area contributed by atoms with Crippen LogP contribution in [0.2, 0.25) is 0 Å². The molecule has 0 spiro atoms. The lowest BCUT2D eigenvalue weighted by atomic mass is 10.2. The summed E-state index contributed by atoms with van der Waals surface area (Å²) in [5.41, 5.74) is 0.952. The van der Waals surface area contributed by atoms with E-state index in [9.17, 15) is 9.59 Å². The minimum absolute atomic E-state index is 0.0818. The van der Waals surface area contributed by atoms with E-state index in [-0.39, 0.29) is 30.6 Å². The Morgan fingerprint density at radius 3 is 2.91 bits per heavy atom. The molecule has 6 nitrogen and oxygen atoms in total. The highest BCUT2D eigenvalue weighted by molar-refractivity contribution is 7.99. The van der Waals surface area contributed by atoms with Gasteiger partial charge in [-0.15, -0.1) is 11.8 Å². The number of nitrogens with one attached hydrogen (secondary N) is 1. The van der Waals surface area contributed by atoms with E-state index in [2.05, 4.69) is 5.32 Å². The normalized spacial score (nSPS) is 22.3. The molecule has 1 aromatic carbocycles. The second kappa shape index (κ2) is 5.96. The first-order chi connectivity index (χ1) is 11.2. The summed E-state index contributed by atoms with van der Waals surface area (Å²) in [5, 5.41) is 2.93. The molecule has 1 aliphatic carbocycles. The molecule has 2 aliphatic heterocycles. The number of rotatable bonds is 4. The molecule has 0 aromatic heterocycles. The third-order valence-corrected chi connectivity index (χ3v) is 5.31. The summed E-state index contributed by atoms with van der Waals surface area (Å²) in [6.07, 6.45) is 1.93. The molecule has 2 fully saturated rings. The average Bonchev–Trinajstić information content (AvgIpc) is 3.11. The first-order valence-electron chi connectivity index (χ1n) is 7.77. The second-order valence-electron chi connectivity index (χ2n) is 6.00. The molecule has 1 N–H and O–H groups in total. The molecular weight excluding hydrogens is 316 g/mol. The van der Waals surface area contributed by atoms with E-state index < -0.39 is 0 Å². The maximum Gasteiger partial charge on any atom is 0.243 e. The van der Waals surface area contributed by atoms with Gasteiger partial charge in [-0.1, -0.05) is 6.07 Å². The van der Waals surface area contributed by atoms with Gasteiger partial charge in [-0.2, -0.15) is 0 Å². The number of fused-ring (bicyclic) bond motifs is 1. The Hall–Kier alpha value is -1.89. The van der Waals surface area contributed by atoms with Gasteiger partial charge in [-0.25, -0.2) is 0 Å². The Labute approximate surface area is 138 Å². The van der Waals surface area contributed by atoms with E-state index in [4.69, 9.17) is 9.47 Å². The quantitative estimate of drug-likeness (QED) is 0.900. The topological polar surface area (TPSA) is 67.9 Å². The van der Waals surface area contributed by atoms with Crippen molar-refractivity contribution in [2.24, 2.45) is 5.92 Å². The molecule has 0 radical (unpaired) electrons. The number of nitrogens with zero attached hydrogens (tertiary/aromatic N) is 1. The van der Waals surface area contributed by atoms with Crippen LogP contribution in [0, 0.1) is 5.92 Å². The zero-order valence-electron chi connectivity index (χ0n) is 12.6. The van der Waals surface area contributed by atoms with Crippen molar-refractivity contribution < 1.29 is 19.1 Å². The standard InChI is InChI=1S/C16H18N2O4S/c19-15(12-7-23-8-18(12)16(20)11-2-3-11)17-6-10-1-4-13-14(5-10)22-9-21-13/h1,4-5,11-12H,2-3,6-9H2,(H,17,19). The van der Waals surface area contributed by atoms with Crippen molar-refractivity contribution in [1.82, 2.24) is 10.2 Å². The van der Waals surface area contributed by atoms with Gasteiger partial charge in [0.2, 0.25) is 18.6 Å². The first kappa shape index (κ1) is 14.7. The van der Waals surface area contributed by atoms with Gasteiger partial charge in [0.25, 0.3) is 0 Å². The second-order valence-corrected chi connectivity index (χ2v) is 7.00. The van der Waals surface area contributed by atoms with Crippen LogP contribution in [-0.2, 0) is 16.1 Å². The molecule has 0 bridgehead atoms. The highest BCUT2D eigenvalue weighted by Crippen LogP contribution is 2.35. The Balaban J connectivity index is 1.36. The summed E-state index contributed by atoms with van der Waals surface area (Å²) < 4.78 is 10.6. The number of carbonyl (C=O) groups is 2. The molecule has 4 rings (SSSR count). The number of benzene rings is 1. The number of ether oxygens (including phenoxy) is 2. The molecule has 23 heavy (non-hydrogen) atoms. The molecule has 2 amide bonds. The van der Waals surface area contributed by atoms with Crippen LogP contribution in [-0.4, -0.2) is 41.2 Å². The zero-order chi connectivity index (χ0) is 15.8. The highest BCUT2D eigenvalue weighted by Gasteiger charge is 2.41. The molecular formula is C16H18N2O4S. The summed E-state index contributed by atoms with van der Waals surface area (Å²) in [7, 11) is 0. The lowest BCUT2D eigenvalue weighted by Crippen LogP contribution is -2.47. The van der Waals surface area contributed by atoms with Crippen molar-refractivity contribution in [2.75, 3.05) is 18.4 Å². The van der Waals surface area contributed by atoms with Crippen molar-refractivity contribution in [2.45, 2.75) is 25.4 Å². The molecule has 2 heterocycles. The molecule has 1 unspecified atom stereocenters. The van der Waals surface area contributed by atoms with Crippen LogP contribution in [0.5, 0.6) is 11.5 Å². The Kier molecular flexibility index (Phi) is 3.80. The van der Waals surface area contributed by atoms with Crippen LogP contribution in [0.15, 0.2) is 18.2 Å². The van der Waals surface area contributed by atoms with Gasteiger partial charge in [0.15, 0.2) is 11.5 Å². The van der Waals surface area contributed by atoms with Crippen molar-refractivity contribution >= 4 is 23.6 Å². The van der Waals surface area contributed by atoms with Crippen LogP contribution in [0.1, 0.15) is 18.4 Å². The fourth-order valence-electron chi connectivity index (χ4n) is 2.80. The van der Waals surface area contributed by atoms with E-state index in [0.717, 1.165) is 24.2 Å².